The Balaban J connectivity index is 1.84. The number of aromatic nitrogens is 3. The Bertz CT molecular complexity index is 1260. The summed E-state index contributed by atoms with van der Waals surface area (Å²) in [4.78, 5) is 7.01. The molecule has 37 heavy (non-hydrogen) atoms. The van der Waals surface area contributed by atoms with Gasteiger partial charge in [-0.15, -0.1) is 0 Å². The van der Waals surface area contributed by atoms with Crippen LogP contribution in [0.5, 0.6) is 0 Å². The van der Waals surface area contributed by atoms with Crippen LogP contribution in [0.1, 0.15) is 11.3 Å². The number of rotatable bonds is 9. The molecule has 0 saturated heterocycles. The smallest absolute Gasteiger partial charge is 0.372 e. The van der Waals surface area contributed by atoms with Gasteiger partial charge in [0, 0.05) is 30.0 Å². The monoisotopic (exact) mass is 536 g/mol. The van der Waals surface area contributed by atoms with Crippen LogP contribution in [-0.4, -0.2) is 50.4 Å². The number of nitrogens with zero attached hydrogens (tertiary/aromatic N) is 3. The normalized spacial score (nSPS) is 12.9. The first-order valence-corrected chi connectivity index (χ1v) is 10.0. The Labute approximate surface area is 202 Å². The average Bonchev–Trinajstić information content (AvgIpc) is 3.33. The summed E-state index contributed by atoms with van der Waals surface area (Å²) in [6.45, 7) is -2.19. The Morgan fingerprint density at radius 3 is 2.30 bits per heavy atom. The maximum atomic E-state index is 14.0. The number of benzene rings is 1. The number of nitrogens with one attached hydrogen (secondary N) is 3. The summed E-state index contributed by atoms with van der Waals surface area (Å²) in [6, 6.07) is 7.02. The third-order valence-electron chi connectivity index (χ3n) is 4.90. The predicted molar refractivity (Wildman–Crippen MR) is 113 cm³/mol. The molecule has 0 radical (unpaired) electrons. The summed E-state index contributed by atoms with van der Waals surface area (Å²) < 4.78 is 110. The van der Waals surface area contributed by atoms with E-state index >= 15 is 0 Å². The van der Waals surface area contributed by atoms with E-state index in [1.54, 1.807) is 6.07 Å². The van der Waals surface area contributed by atoms with Crippen LogP contribution in [0, 0.1) is 17.0 Å². The van der Waals surface area contributed by atoms with E-state index in [-0.39, 0.29) is 29.0 Å². The fourth-order valence-electron chi connectivity index (χ4n) is 2.86. The molecule has 2 aromatic heterocycles. The van der Waals surface area contributed by atoms with Crippen LogP contribution in [0.3, 0.4) is 0 Å². The Morgan fingerprint density at radius 2 is 1.70 bits per heavy atom. The van der Waals surface area contributed by atoms with Crippen molar-refractivity contribution in [3.05, 3.63) is 71.9 Å². The second-order valence-electron chi connectivity index (χ2n) is 7.43. The molecule has 8 nitrogen and oxygen atoms in total. The first kappa shape index (κ1) is 27.5. The summed E-state index contributed by atoms with van der Waals surface area (Å²) in [5.41, 5.74) is -5.05. The van der Waals surface area contributed by atoms with Gasteiger partial charge >= 0.3 is 12.4 Å². The summed E-state index contributed by atoms with van der Waals surface area (Å²) >= 11 is 0. The Morgan fingerprint density at radius 1 is 1.03 bits per heavy atom. The molecule has 16 heteroatoms. The minimum atomic E-state index is -6.13. The van der Waals surface area contributed by atoms with E-state index in [2.05, 4.69) is 20.4 Å². The second-order valence-corrected chi connectivity index (χ2v) is 7.43. The standard InChI is InChI=1S/C21H16F8N6O2/c22-13-4-2-1-3-11(13)7-15(30)12(16-5-6-37-35-16)8-31-18-32-9-14(23)17(34-18)33-10-19(36,20(24,25)26)21(27,28)29/h1-6,8-9,30,36H,7,10H2,(H2,31,32,33,34)/b12-8+,30-15?. The maximum absolute atomic E-state index is 14.0. The fourth-order valence-corrected chi connectivity index (χ4v) is 2.86. The molecule has 0 aliphatic heterocycles. The number of allylic oxidation sites excluding steroid dienone is 1. The van der Waals surface area contributed by atoms with E-state index < -0.39 is 47.9 Å². The first-order valence-electron chi connectivity index (χ1n) is 10.0. The van der Waals surface area contributed by atoms with Crippen molar-refractivity contribution in [2.45, 2.75) is 24.4 Å². The molecule has 0 aliphatic rings. The zero-order valence-electron chi connectivity index (χ0n) is 18.3. The van der Waals surface area contributed by atoms with Crippen LogP contribution >= 0.6 is 0 Å². The van der Waals surface area contributed by atoms with Crippen molar-refractivity contribution in [2.75, 3.05) is 17.2 Å². The third-order valence-corrected chi connectivity index (χ3v) is 4.90. The molecular weight excluding hydrogens is 520 g/mol. The van der Waals surface area contributed by atoms with Gasteiger partial charge in [0.25, 0.3) is 5.60 Å². The average molecular weight is 536 g/mol. The van der Waals surface area contributed by atoms with Gasteiger partial charge in [-0.3, -0.25) is 0 Å². The number of aliphatic hydroxyl groups is 1. The van der Waals surface area contributed by atoms with Gasteiger partial charge in [-0.1, -0.05) is 23.4 Å². The van der Waals surface area contributed by atoms with Crippen molar-refractivity contribution in [3.8, 4) is 0 Å². The molecule has 2 heterocycles. The molecule has 0 aliphatic carbocycles. The Hall–Kier alpha value is -4.08. The van der Waals surface area contributed by atoms with Crippen molar-refractivity contribution in [1.29, 1.82) is 5.41 Å². The number of anilines is 2. The van der Waals surface area contributed by atoms with Crippen LogP contribution in [0.15, 0.2) is 53.5 Å². The minimum absolute atomic E-state index is 0.0305. The number of alkyl halides is 6. The molecule has 0 atom stereocenters. The molecule has 0 fully saturated rings. The van der Waals surface area contributed by atoms with E-state index in [1.165, 1.54) is 35.8 Å². The highest BCUT2D eigenvalue weighted by molar-refractivity contribution is 6.22. The second kappa shape index (κ2) is 10.5. The molecule has 0 spiro atoms. The van der Waals surface area contributed by atoms with Crippen LogP contribution in [0.4, 0.5) is 46.9 Å². The third kappa shape index (κ3) is 6.19. The van der Waals surface area contributed by atoms with E-state index in [1.807, 2.05) is 0 Å². The van der Waals surface area contributed by atoms with Gasteiger partial charge in [0.2, 0.25) is 5.95 Å². The summed E-state index contributed by atoms with van der Waals surface area (Å²) in [6.07, 6.45) is -9.74. The van der Waals surface area contributed by atoms with Crippen molar-refractivity contribution in [1.82, 2.24) is 15.1 Å². The molecule has 0 bridgehead atoms. The van der Waals surface area contributed by atoms with Gasteiger partial charge in [-0.2, -0.15) is 31.3 Å². The fraction of sp³-hybridized carbons (Fsp3) is 0.238. The molecule has 0 saturated carbocycles. The van der Waals surface area contributed by atoms with E-state index in [0.29, 0.717) is 6.20 Å². The largest absolute Gasteiger partial charge is 0.428 e. The first-order chi connectivity index (χ1) is 17.2. The van der Waals surface area contributed by atoms with Crippen LogP contribution < -0.4 is 10.6 Å². The predicted octanol–water partition coefficient (Wildman–Crippen LogP) is 4.73. The van der Waals surface area contributed by atoms with E-state index in [9.17, 15) is 40.2 Å². The molecule has 3 rings (SSSR count). The summed E-state index contributed by atoms with van der Waals surface area (Å²) in [7, 11) is 0. The van der Waals surface area contributed by atoms with Gasteiger partial charge in [-0.25, -0.2) is 13.8 Å². The van der Waals surface area contributed by atoms with Crippen LogP contribution in [0.2, 0.25) is 0 Å². The van der Waals surface area contributed by atoms with Gasteiger partial charge in [0.1, 0.15) is 17.8 Å². The van der Waals surface area contributed by atoms with Gasteiger partial charge in [0.15, 0.2) is 11.6 Å². The molecule has 198 valence electrons. The lowest BCUT2D eigenvalue weighted by Gasteiger charge is -2.32. The van der Waals surface area contributed by atoms with Crippen molar-refractivity contribution >= 4 is 23.1 Å². The maximum Gasteiger partial charge on any atom is 0.428 e. The SMILES string of the molecule is N=C(Cc1ccccc1F)/C(=C\Nc1ncc(F)c(NCC(O)(C(F)(F)F)C(F)(F)F)n1)c1ccon1. The number of hydrogen-bond donors (Lipinski definition) is 4. The van der Waals surface area contributed by atoms with E-state index in [4.69, 9.17) is 9.93 Å². The van der Waals surface area contributed by atoms with Crippen molar-refractivity contribution in [2.24, 2.45) is 0 Å². The minimum Gasteiger partial charge on any atom is -0.372 e. The molecule has 1 aromatic carbocycles. The van der Waals surface area contributed by atoms with Crippen molar-refractivity contribution in [3.63, 3.8) is 0 Å². The summed E-state index contributed by atoms with van der Waals surface area (Å²) in [5.74, 6) is -3.58. The molecule has 0 amide bonds. The van der Waals surface area contributed by atoms with Crippen LogP contribution in [0.25, 0.3) is 5.57 Å². The Kier molecular flexibility index (Phi) is 7.80. The highest BCUT2D eigenvalue weighted by Crippen LogP contribution is 2.43. The zero-order valence-corrected chi connectivity index (χ0v) is 18.3. The molecule has 0 unspecified atom stereocenters. The summed E-state index contributed by atoms with van der Waals surface area (Å²) in [5, 5.41) is 25.2. The van der Waals surface area contributed by atoms with Gasteiger partial charge in [0.05, 0.1) is 12.7 Å². The highest BCUT2D eigenvalue weighted by Gasteiger charge is 2.70. The van der Waals surface area contributed by atoms with Gasteiger partial charge in [-0.05, 0) is 11.6 Å². The molecule has 3 aromatic rings. The van der Waals surface area contributed by atoms with E-state index in [0.717, 1.165) is 6.20 Å². The quantitative estimate of drug-likeness (QED) is 0.231. The van der Waals surface area contributed by atoms with Crippen molar-refractivity contribution < 1.29 is 44.8 Å². The molecule has 4 N–H and O–H groups in total. The lowest BCUT2D eigenvalue weighted by Crippen LogP contribution is -2.61. The molecular formula is C21H16F8N6O2. The highest BCUT2D eigenvalue weighted by atomic mass is 19.4. The lowest BCUT2D eigenvalue weighted by molar-refractivity contribution is -0.362. The number of hydrogen-bond acceptors (Lipinski definition) is 8. The lowest BCUT2D eigenvalue weighted by atomic mass is 10.0. The topological polar surface area (TPSA) is 120 Å². The van der Waals surface area contributed by atoms with Crippen LogP contribution in [-0.2, 0) is 6.42 Å². The zero-order chi connectivity index (χ0) is 27.4. The van der Waals surface area contributed by atoms with Gasteiger partial charge < -0.3 is 25.7 Å². The number of halogens is 8.